The lowest BCUT2D eigenvalue weighted by Crippen LogP contribution is -2.46. The third kappa shape index (κ3) is 4.37. The summed E-state index contributed by atoms with van der Waals surface area (Å²) >= 11 is 1.66. The van der Waals surface area contributed by atoms with Gasteiger partial charge < -0.3 is 14.2 Å². The van der Waals surface area contributed by atoms with Crippen molar-refractivity contribution in [3.8, 4) is 5.88 Å². The third-order valence-electron chi connectivity index (χ3n) is 6.96. The highest BCUT2D eigenvalue weighted by molar-refractivity contribution is 7.18. The van der Waals surface area contributed by atoms with Crippen LogP contribution in [0.4, 0.5) is 5.95 Å². The van der Waals surface area contributed by atoms with E-state index in [2.05, 4.69) is 34.3 Å². The number of aromatic nitrogens is 2. The Labute approximate surface area is 197 Å². The van der Waals surface area contributed by atoms with Crippen LogP contribution in [0.3, 0.4) is 0 Å². The number of nitrogens with one attached hydrogen (secondary N) is 1. The van der Waals surface area contributed by atoms with Crippen LogP contribution in [0.5, 0.6) is 5.88 Å². The maximum absolute atomic E-state index is 6.62. The Hall–Kier alpha value is -2.14. The van der Waals surface area contributed by atoms with Gasteiger partial charge in [0.15, 0.2) is 5.84 Å². The first-order chi connectivity index (χ1) is 16.0. The van der Waals surface area contributed by atoms with Crippen LogP contribution >= 0.6 is 11.3 Å². The summed E-state index contributed by atoms with van der Waals surface area (Å²) in [5.74, 6) is 1.74. The second-order valence-corrected chi connectivity index (χ2v) is 10.9. The number of amidine groups is 1. The largest absolute Gasteiger partial charge is 0.474 e. The zero-order chi connectivity index (χ0) is 22.4. The molecule has 5 heterocycles. The van der Waals surface area contributed by atoms with Crippen molar-refractivity contribution >= 4 is 39.6 Å². The summed E-state index contributed by atoms with van der Waals surface area (Å²) in [6.45, 7) is 8.66. The molecule has 0 amide bonds. The molecule has 10 heteroatoms. The molecule has 0 unspecified atom stereocenters. The first-order valence-electron chi connectivity index (χ1n) is 11.9. The highest BCUT2D eigenvalue weighted by atomic mass is 32.1. The van der Waals surface area contributed by atoms with Gasteiger partial charge in [0.1, 0.15) is 10.9 Å². The number of morpholine rings is 1. The Kier molecular flexibility index (Phi) is 5.56. The van der Waals surface area contributed by atoms with Crippen molar-refractivity contribution in [1.82, 2.24) is 20.3 Å². The Balaban J connectivity index is 1.28. The average molecular weight is 471 g/mol. The number of hydrogen-bond acceptors (Lipinski definition) is 9. The molecule has 0 atom stereocenters. The fourth-order valence-corrected chi connectivity index (χ4v) is 6.24. The molecule has 3 aliphatic heterocycles. The second kappa shape index (κ2) is 8.57. The predicted molar refractivity (Wildman–Crippen MR) is 128 cm³/mol. The molecule has 33 heavy (non-hydrogen) atoms. The second-order valence-electron chi connectivity index (χ2n) is 9.80. The fraction of sp³-hybridized carbons (Fsp3) is 0.652. The van der Waals surface area contributed by atoms with Gasteiger partial charge in [0.05, 0.1) is 37.0 Å². The Bertz CT molecular complexity index is 1100. The van der Waals surface area contributed by atoms with E-state index in [1.54, 1.807) is 17.6 Å². The average Bonchev–Trinajstić information content (AvgIpc) is 3.14. The highest BCUT2D eigenvalue weighted by Gasteiger charge is 2.33. The minimum absolute atomic E-state index is 0.160. The molecule has 6 rings (SSSR count). The molecule has 0 bridgehead atoms. The summed E-state index contributed by atoms with van der Waals surface area (Å²) in [6, 6.07) is 0.636. The molecular weight excluding hydrogens is 440 g/mol. The van der Waals surface area contributed by atoms with Crippen molar-refractivity contribution in [2.24, 2.45) is 10.1 Å². The number of hydrazone groups is 1. The lowest BCUT2D eigenvalue weighted by atomic mass is 9.91. The van der Waals surface area contributed by atoms with E-state index >= 15 is 0 Å². The Morgan fingerprint density at radius 2 is 1.97 bits per heavy atom. The van der Waals surface area contributed by atoms with E-state index in [0.29, 0.717) is 30.3 Å². The maximum Gasteiger partial charge on any atom is 0.256 e. The van der Waals surface area contributed by atoms with E-state index < -0.39 is 0 Å². The van der Waals surface area contributed by atoms with Gasteiger partial charge >= 0.3 is 0 Å². The minimum atomic E-state index is -0.209. The van der Waals surface area contributed by atoms with Gasteiger partial charge in [0.25, 0.3) is 5.95 Å². The van der Waals surface area contributed by atoms with E-state index in [9.17, 15) is 0 Å². The SMILES string of the molecule is CC1(C)Cc2c(sc3nc(N=C4C=NN4)nc(OC4CCC(N5CCOCC5)CC4)c23)CO1. The van der Waals surface area contributed by atoms with Gasteiger partial charge in [-0.05, 0) is 45.1 Å². The van der Waals surface area contributed by atoms with Crippen LogP contribution in [0.2, 0.25) is 0 Å². The van der Waals surface area contributed by atoms with Crippen molar-refractivity contribution in [2.45, 2.75) is 70.3 Å². The maximum atomic E-state index is 6.62. The number of fused-ring (bicyclic) bond motifs is 3. The first kappa shape index (κ1) is 21.4. The normalized spacial score (nSPS) is 28.4. The van der Waals surface area contributed by atoms with Crippen molar-refractivity contribution in [3.05, 3.63) is 10.4 Å². The number of ether oxygens (including phenoxy) is 3. The molecule has 1 saturated carbocycles. The van der Waals surface area contributed by atoms with E-state index in [4.69, 9.17) is 24.2 Å². The molecule has 0 radical (unpaired) electrons. The van der Waals surface area contributed by atoms with Crippen molar-refractivity contribution < 1.29 is 14.2 Å². The topological polar surface area (TPSA) is 93.5 Å². The molecule has 9 nitrogen and oxygen atoms in total. The van der Waals surface area contributed by atoms with Gasteiger partial charge in [0, 0.05) is 30.4 Å². The van der Waals surface area contributed by atoms with Gasteiger partial charge in [-0.2, -0.15) is 20.1 Å². The van der Waals surface area contributed by atoms with Crippen LogP contribution in [0.25, 0.3) is 10.2 Å². The number of nitrogens with zero attached hydrogens (tertiary/aromatic N) is 5. The van der Waals surface area contributed by atoms with Crippen LogP contribution in [-0.2, 0) is 22.5 Å². The quantitative estimate of drug-likeness (QED) is 0.733. The van der Waals surface area contributed by atoms with Crippen LogP contribution in [0.15, 0.2) is 10.1 Å². The lowest BCUT2D eigenvalue weighted by molar-refractivity contribution is -0.0379. The molecule has 176 valence electrons. The predicted octanol–water partition coefficient (Wildman–Crippen LogP) is 3.18. The monoisotopic (exact) mass is 470 g/mol. The van der Waals surface area contributed by atoms with Crippen molar-refractivity contribution in [2.75, 3.05) is 26.3 Å². The summed E-state index contributed by atoms with van der Waals surface area (Å²) < 4.78 is 18.2. The Morgan fingerprint density at radius 3 is 2.70 bits per heavy atom. The smallest absolute Gasteiger partial charge is 0.256 e. The zero-order valence-electron chi connectivity index (χ0n) is 19.2. The highest BCUT2D eigenvalue weighted by Crippen LogP contribution is 2.43. The summed E-state index contributed by atoms with van der Waals surface area (Å²) in [4.78, 5) is 18.7. The van der Waals surface area contributed by atoms with Gasteiger partial charge in [-0.3, -0.25) is 10.3 Å². The molecule has 2 aromatic rings. The van der Waals surface area contributed by atoms with Crippen molar-refractivity contribution in [1.29, 1.82) is 0 Å². The zero-order valence-corrected chi connectivity index (χ0v) is 20.0. The van der Waals surface area contributed by atoms with Crippen LogP contribution in [0, 0.1) is 0 Å². The molecule has 1 saturated heterocycles. The fourth-order valence-electron chi connectivity index (χ4n) is 5.15. The molecule has 1 aliphatic carbocycles. The number of rotatable bonds is 4. The standard InChI is InChI=1S/C23H30N6O3S/c1-23(2)11-16-17(13-31-23)33-21-19(16)20(26-22(27-21)25-18-12-24-28-18)32-15-5-3-14(4-6-15)29-7-9-30-10-8-29/h12,14-15H,3-11,13H2,1-2H3,(H,25,26,27,28). The van der Waals surface area contributed by atoms with Gasteiger partial charge in [0.2, 0.25) is 5.88 Å². The lowest BCUT2D eigenvalue weighted by Gasteiger charge is -2.38. The van der Waals surface area contributed by atoms with E-state index in [1.165, 1.54) is 10.4 Å². The molecule has 0 spiro atoms. The summed E-state index contributed by atoms with van der Waals surface area (Å²) in [7, 11) is 0. The molecule has 0 aromatic carbocycles. The summed E-state index contributed by atoms with van der Waals surface area (Å²) in [6.07, 6.45) is 7.02. The van der Waals surface area contributed by atoms with Gasteiger partial charge in [-0.25, -0.2) is 0 Å². The first-order valence-corrected chi connectivity index (χ1v) is 12.7. The van der Waals surface area contributed by atoms with Gasteiger partial charge in [-0.1, -0.05) is 0 Å². The van der Waals surface area contributed by atoms with Gasteiger partial charge in [-0.15, -0.1) is 11.3 Å². The number of thiophene rings is 1. The Morgan fingerprint density at radius 1 is 1.18 bits per heavy atom. The van der Waals surface area contributed by atoms with E-state index in [0.717, 1.165) is 68.6 Å². The van der Waals surface area contributed by atoms with E-state index in [1.807, 2.05) is 0 Å². The third-order valence-corrected chi connectivity index (χ3v) is 8.06. The molecule has 2 fully saturated rings. The van der Waals surface area contributed by atoms with Crippen molar-refractivity contribution in [3.63, 3.8) is 0 Å². The number of aliphatic imine (C=N–C) groups is 1. The molecule has 4 aliphatic rings. The van der Waals surface area contributed by atoms with Crippen LogP contribution in [0.1, 0.15) is 50.0 Å². The molecular formula is C23H30N6O3S. The summed E-state index contributed by atoms with van der Waals surface area (Å²) in [5, 5.41) is 4.91. The van der Waals surface area contributed by atoms with Crippen LogP contribution in [-0.4, -0.2) is 71.0 Å². The summed E-state index contributed by atoms with van der Waals surface area (Å²) in [5.41, 5.74) is 3.87. The van der Waals surface area contributed by atoms with Crippen LogP contribution < -0.4 is 10.2 Å². The van der Waals surface area contributed by atoms with E-state index in [-0.39, 0.29) is 11.7 Å². The number of hydrogen-bond donors (Lipinski definition) is 1. The molecule has 1 N–H and O–H groups in total. The minimum Gasteiger partial charge on any atom is -0.474 e. The molecule has 2 aromatic heterocycles.